The van der Waals surface area contributed by atoms with Crippen LogP contribution in [0.15, 0.2) is 40.6 Å². The van der Waals surface area contributed by atoms with Crippen molar-refractivity contribution in [2.45, 2.75) is 48.8 Å². The summed E-state index contributed by atoms with van der Waals surface area (Å²) in [5.74, 6) is 0. The first-order chi connectivity index (χ1) is 12.6. The molecule has 1 aliphatic carbocycles. The summed E-state index contributed by atoms with van der Waals surface area (Å²) in [7, 11) is -3.51. The molecule has 0 bridgehead atoms. The van der Waals surface area contributed by atoms with E-state index >= 15 is 0 Å². The third-order valence-corrected chi connectivity index (χ3v) is 8.24. The zero-order valence-electron chi connectivity index (χ0n) is 14.9. The van der Waals surface area contributed by atoms with Gasteiger partial charge in [-0.2, -0.15) is 0 Å². The molecule has 26 heavy (non-hydrogen) atoms. The number of nitrogens with one attached hydrogen (secondary N) is 1. The van der Waals surface area contributed by atoms with Crippen LogP contribution in [0.5, 0.6) is 0 Å². The molecule has 1 N–H and O–H groups in total. The third kappa shape index (κ3) is 3.60. The van der Waals surface area contributed by atoms with E-state index in [2.05, 4.69) is 16.2 Å². The Morgan fingerprint density at radius 2 is 1.85 bits per heavy atom. The van der Waals surface area contributed by atoms with Gasteiger partial charge in [0, 0.05) is 30.1 Å². The predicted molar refractivity (Wildman–Crippen MR) is 104 cm³/mol. The van der Waals surface area contributed by atoms with Crippen LogP contribution in [0.3, 0.4) is 0 Å². The van der Waals surface area contributed by atoms with Crippen molar-refractivity contribution in [3.63, 3.8) is 0 Å². The van der Waals surface area contributed by atoms with Gasteiger partial charge < -0.3 is 4.74 Å². The Balaban J connectivity index is 1.55. The van der Waals surface area contributed by atoms with Crippen molar-refractivity contribution in [1.29, 1.82) is 0 Å². The molecule has 2 aromatic rings. The Bertz CT molecular complexity index is 853. The Labute approximate surface area is 159 Å². The molecule has 6 heteroatoms. The van der Waals surface area contributed by atoms with Gasteiger partial charge in [0.05, 0.1) is 4.90 Å². The number of fused-ring (bicyclic) bond motifs is 1. The van der Waals surface area contributed by atoms with Crippen LogP contribution in [-0.2, 0) is 33.0 Å². The Morgan fingerprint density at radius 1 is 1.08 bits per heavy atom. The van der Waals surface area contributed by atoms with Crippen LogP contribution in [-0.4, -0.2) is 28.2 Å². The van der Waals surface area contributed by atoms with Crippen LogP contribution in [0, 0.1) is 0 Å². The van der Waals surface area contributed by atoms with Crippen molar-refractivity contribution in [3.8, 4) is 0 Å². The zero-order chi connectivity index (χ0) is 18.0. The molecule has 1 aromatic heterocycles. The lowest BCUT2D eigenvalue weighted by atomic mass is 9.79. The molecule has 4 nitrogen and oxygen atoms in total. The first kappa shape index (κ1) is 18.2. The number of aryl methyl sites for hydroxylation is 2. The summed E-state index contributed by atoms with van der Waals surface area (Å²) >= 11 is 1.70. The summed E-state index contributed by atoms with van der Waals surface area (Å²) in [6.07, 6.45) is 6.08. The van der Waals surface area contributed by atoms with Gasteiger partial charge in [-0.15, -0.1) is 11.3 Å². The largest absolute Gasteiger partial charge is 0.381 e. The van der Waals surface area contributed by atoms with Crippen LogP contribution in [0.1, 0.15) is 41.7 Å². The van der Waals surface area contributed by atoms with Crippen LogP contribution in [0.2, 0.25) is 0 Å². The van der Waals surface area contributed by atoms with E-state index in [1.807, 2.05) is 18.2 Å². The average Bonchev–Trinajstić information content (AvgIpc) is 3.22. The van der Waals surface area contributed by atoms with Gasteiger partial charge >= 0.3 is 0 Å². The molecule has 4 rings (SSSR count). The monoisotopic (exact) mass is 391 g/mol. The lowest BCUT2D eigenvalue weighted by molar-refractivity contribution is 0.0529. The highest BCUT2D eigenvalue weighted by atomic mass is 32.2. The maximum atomic E-state index is 12.9. The molecule has 1 aromatic carbocycles. The van der Waals surface area contributed by atoms with Gasteiger partial charge in [-0.05, 0) is 73.2 Å². The number of ether oxygens (including phenoxy) is 1. The van der Waals surface area contributed by atoms with Crippen molar-refractivity contribution in [2.24, 2.45) is 0 Å². The van der Waals surface area contributed by atoms with E-state index in [0.717, 1.165) is 32.1 Å². The summed E-state index contributed by atoms with van der Waals surface area (Å²) in [5.41, 5.74) is 2.33. The maximum absolute atomic E-state index is 12.9. The van der Waals surface area contributed by atoms with E-state index in [9.17, 15) is 8.42 Å². The van der Waals surface area contributed by atoms with Gasteiger partial charge in [-0.1, -0.05) is 12.1 Å². The van der Waals surface area contributed by atoms with Gasteiger partial charge in [0.25, 0.3) is 0 Å². The Hall–Kier alpha value is -1.21. The summed E-state index contributed by atoms with van der Waals surface area (Å²) in [6.45, 7) is 1.78. The second kappa shape index (κ2) is 7.43. The van der Waals surface area contributed by atoms with E-state index in [-0.39, 0.29) is 5.41 Å². The van der Waals surface area contributed by atoms with Gasteiger partial charge in [0.1, 0.15) is 0 Å². The molecule has 0 amide bonds. The fourth-order valence-electron chi connectivity index (χ4n) is 4.05. The van der Waals surface area contributed by atoms with Gasteiger partial charge in [-0.25, -0.2) is 13.1 Å². The van der Waals surface area contributed by atoms with Gasteiger partial charge in [-0.3, -0.25) is 0 Å². The molecule has 0 radical (unpaired) electrons. The number of rotatable bonds is 5. The first-order valence-corrected chi connectivity index (χ1v) is 11.7. The highest BCUT2D eigenvalue weighted by molar-refractivity contribution is 7.89. The summed E-state index contributed by atoms with van der Waals surface area (Å²) in [5, 5.41) is 2.06. The minimum absolute atomic E-state index is 0.159. The highest BCUT2D eigenvalue weighted by Crippen LogP contribution is 2.37. The molecular formula is C20H25NO3S2. The lowest BCUT2D eigenvalue weighted by Crippen LogP contribution is -2.44. The fourth-order valence-corrected chi connectivity index (χ4v) is 6.21. The first-order valence-electron chi connectivity index (χ1n) is 9.32. The van der Waals surface area contributed by atoms with E-state index in [0.29, 0.717) is 24.7 Å². The Kier molecular flexibility index (Phi) is 5.19. The molecule has 1 saturated heterocycles. The SMILES string of the molecule is O=S(=O)(NCC1(c2cccs2)CCOCC1)c1ccc2c(c1)CCCC2. The number of hydrogen-bond donors (Lipinski definition) is 1. The fraction of sp³-hybridized carbons (Fsp3) is 0.500. The summed E-state index contributed by atoms with van der Waals surface area (Å²) < 4.78 is 34.3. The van der Waals surface area contributed by atoms with Crippen molar-refractivity contribution >= 4 is 21.4 Å². The van der Waals surface area contributed by atoms with E-state index in [1.54, 1.807) is 17.4 Å². The minimum atomic E-state index is -3.51. The molecule has 1 aliphatic heterocycles. The summed E-state index contributed by atoms with van der Waals surface area (Å²) in [4.78, 5) is 1.64. The minimum Gasteiger partial charge on any atom is -0.381 e. The van der Waals surface area contributed by atoms with Crippen molar-refractivity contribution < 1.29 is 13.2 Å². The van der Waals surface area contributed by atoms with Crippen LogP contribution in [0.4, 0.5) is 0 Å². The number of benzene rings is 1. The maximum Gasteiger partial charge on any atom is 0.240 e. The van der Waals surface area contributed by atoms with Crippen molar-refractivity contribution in [1.82, 2.24) is 4.72 Å². The molecule has 140 valence electrons. The molecule has 2 heterocycles. The molecule has 0 atom stereocenters. The molecule has 0 saturated carbocycles. The molecular weight excluding hydrogens is 366 g/mol. The van der Waals surface area contributed by atoms with Gasteiger partial charge in [0.2, 0.25) is 10.0 Å². The standard InChI is InChI=1S/C20H25NO3S2/c22-26(23,18-8-7-16-4-1-2-5-17(16)14-18)21-15-20(9-11-24-12-10-20)19-6-3-13-25-19/h3,6-8,13-14,21H,1-2,4-5,9-12,15H2. The highest BCUT2D eigenvalue weighted by Gasteiger charge is 2.36. The van der Waals surface area contributed by atoms with E-state index < -0.39 is 10.0 Å². The molecule has 0 unspecified atom stereocenters. The topological polar surface area (TPSA) is 55.4 Å². The normalized spacial score (nSPS) is 19.8. The second-order valence-electron chi connectivity index (χ2n) is 7.33. The van der Waals surface area contributed by atoms with E-state index in [1.165, 1.54) is 22.4 Å². The smallest absolute Gasteiger partial charge is 0.240 e. The molecule has 1 fully saturated rings. The third-order valence-electron chi connectivity index (χ3n) is 5.72. The molecule has 0 spiro atoms. The Morgan fingerprint density at radius 3 is 2.58 bits per heavy atom. The molecule has 2 aliphatic rings. The zero-order valence-corrected chi connectivity index (χ0v) is 16.5. The van der Waals surface area contributed by atoms with Crippen LogP contribution < -0.4 is 4.72 Å². The van der Waals surface area contributed by atoms with Crippen molar-refractivity contribution in [3.05, 3.63) is 51.7 Å². The van der Waals surface area contributed by atoms with Crippen molar-refractivity contribution in [2.75, 3.05) is 19.8 Å². The van der Waals surface area contributed by atoms with Crippen LogP contribution >= 0.6 is 11.3 Å². The van der Waals surface area contributed by atoms with E-state index in [4.69, 9.17) is 4.74 Å². The quantitative estimate of drug-likeness (QED) is 0.846. The predicted octanol–water partition coefficient (Wildman–Crippen LogP) is 3.65. The second-order valence-corrected chi connectivity index (χ2v) is 10.0. The van der Waals surface area contributed by atoms with Gasteiger partial charge in [0.15, 0.2) is 0 Å². The number of hydrogen-bond acceptors (Lipinski definition) is 4. The summed E-state index contributed by atoms with van der Waals surface area (Å²) in [6, 6.07) is 9.78. The lowest BCUT2D eigenvalue weighted by Gasteiger charge is -2.36. The van der Waals surface area contributed by atoms with Crippen LogP contribution in [0.25, 0.3) is 0 Å². The average molecular weight is 392 g/mol. The number of thiophene rings is 1. The number of sulfonamides is 1.